The molecule has 0 aromatic heterocycles. The van der Waals surface area contributed by atoms with Crippen LogP contribution in [0.25, 0.3) is 0 Å². The molecule has 22 heavy (non-hydrogen) atoms. The van der Waals surface area contributed by atoms with Crippen LogP contribution in [0.15, 0.2) is 54.6 Å². The number of halogens is 1. The third-order valence-electron chi connectivity index (χ3n) is 3.62. The van der Waals surface area contributed by atoms with Gasteiger partial charge in [-0.25, -0.2) is 4.39 Å². The van der Waals surface area contributed by atoms with Crippen LogP contribution in [0, 0.1) is 5.82 Å². The lowest BCUT2D eigenvalue weighted by molar-refractivity contribution is -0.117. The summed E-state index contributed by atoms with van der Waals surface area (Å²) in [6, 6.07) is 14.5. The van der Waals surface area contributed by atoms with Crippen LogP contribution < -0.4 is 10.2 Å². The van der Waals surface area contributed by atoms with Gasteiger partial charge in [-0.2, -0.15) is 0 Å². The fraction of sp³-hybridized carbons (Fsp3) is 0.176. The summed E-state index contributed by atoms with van der Waals surface area (Å²) in [4.78, 5) is 25.7. The number of amides is 2. The molecule has 0 spiro atoms. The van der Waals surface area contributed by atoms with Gasteiger partial charge in [-0.05, 0) is 30.3 Å². The van der Waals surface area contributed by atoms with E-state index in [1.807, 2.05) is 6.07 Å². The minimum absolute atomic E-state index is 0.121. The Morgan fingerprint density at radius 3 is 2.64 bits per heavy atom. The van der Waals surface area contributed by atoms with E-state index in [0.29, 0.717) is 17.8 Å². The number of hydrogen-bond donors (Lipinski definition) is 1. The van der Waals surface area contributed by atoms with E-state index in [2.05, 4.69) is 5.32 Å². The van der Waals surface area contributed by atoms with Gasteiger partial charge in [-0.1, -0.05) is 24.3 Å². The Hall–Kier alpha value is -2.69. The second-order valence-electron chi connectivity index (χ2n) is 5.22. The second-order valence-corrected chi connectivity index (χ2v) is 5.22. The molecule has 2 amide bonds. The Balaban J connectivity index is 1.69. The molecule has 1 fully saturated rings. The Morgan fingerprint density at radius 1 is 1.14 bits per heavy atom. The number of rotatable bonds is 3. The largest absolute Gasteiger partial charge is 0.347 e. The Labute approximate surface area is 127 Å². The SMILES string of the molecule is O=C(N[C@H]1CC(=O)N(c2cccc(F)c2)C1)c1ccccc1. The monoisotopic (exact) mass is 298 g/mol. The van der Waals surface area contributed by atoms with Crippen LogP contribution in [-0.4, -0.2) is 24.4 Å². The summed E-state index contributed by atoms with van der Waals surface area (Å²) in [7, 11) is 0. The highest BCUT2D eigenvalue weighted by Gasteiger charge is 2.31. The van der Waals surface area contributed by atoms with Gasteiger partial charge in [0.2, 0.25) is 5.91 Å². The Bertz CT molecular complexity index is 703. The van der Waals surface area contributed by atoms with E-state index in [0.717, 1.165) is 0 Å². The first-order valence-corrected chi connectivity index (χ1v) is 7.05. The zero-order chi connectivity index (χ0) is 15.5. The number of hydrogen-bond acceptors (Lipinski definition) is 2. The number of nitrogens with zero attached hydrogens (tertiary/aromatic N) is 1. The molecule has 0 aliphatic carbocycles. The molecule has 5 heteroatoms. The minimum Gasteiger partial charge on any atom is -0.347 e. The van der Waals surface area contributed by atoms with Crippen LogP contribution in [-0.2, 0) is 4.79 Å². The van der Waals surface area contributed by atoms with Crippen molar-refractivity contribution in [3.05, 3.63) is 66.0 Å². The molecule has 0 bridgehead atoms. The van der Waals surface area contributed by atoms with Crippen LogP contribution in [0.4, 0.5) is 10.1 Å². The van der Waals surface area contributed by atoms with E-state index >= 15 is 0 Å². The fourth-order valence-corrected chi connectivity index (χ4v) is 2.56. The van der Waals surface area contributed by atoms with E-state index in [-0.39, 0.29) is 30.1 Å². The zero-order valence-electron chi connectivity index (χ0n) is 11.8. The summed E-state index contributed by atoms with van der Waals surface area (Å²) in [5.74, 6) is -0.717. The molecular formula is C17H15FN2O2. The highest BCUT2D eigenvalue weighted by atomic mass is 19.1. The summed E-state index contributed by atoms with van der Waals surface area (Å²) in [5, 5.41) is 2.84. The van der Waals surface area contributed by atoms with Gasteiger partial charge >= 0.3 is 0 Å². The number of carbonyl (C=O) groups is 2. The van der Waals surface area contributed by atoms with Gasteiger partial charge in [0.05, 0.1) is 6.04 Å². The van der Waals surface area contributed by atoms with Crippen molar-refractivity contribution in [1.29, 1.82) is 0 Å². The van der Waals surface area contributed by atoms with Gasteiger partial charge in [-0.3, -0.25) is 9.59 Å². The summed E-state index contributed by atoms with van der Waals surface area (Å²) >= 11 is 0. The van der Waals surface area contributed by atoms with Crippen molar-refractivity contribution >= 4 is 17.5 Å². The van der Waals surface area contributed by atoms with Gasteiger partial charge < -0.3 is 10.2 Å². The van der Waals surface area contributed by atoms with Crippen molar-refractivity contribution in [2.24, 2.45) is 0 Å². The van der Waals surface area contributed by atoms with Gasteiger partial charge in [-0.15, -0.1) is 0 Å². The summed E-state index contributed by atoms with van der Waals surface area (Å²) in [5.41, 5.74) is 1.07. The third-order valence-corrected chi connectivity index (χ3v) is 3.62. The average Bonchev–Trinajstić information content (AvgIpc) is 2.88. The number of carbonyl (C=O) groups excluding carboxylic acids is 2. The normalized spacial score (nSPS) is 17.6. The van der Waals surface area contributed by atoms with E-state index in [9.17, 15) is 14.0 Å². The van der Waals surface area contributed by atoms with Crippen molar-refractivity contribution in [3.63, 3.8) is 0 Å². The third kappa shape index (κ3) is 2.98. The summed E-state index contributed by atoms with van der Waals surface area (Å²) in [6.45, 7) is 0.348. The highest BCUT2D eigenvalue weighted by Crippen LogP contribution is 2.22. The predicted molar refractivity (Wildman–Crippen MR) is 81.1 cm³/mol. The van der Waals surface area contributed by atoms with Crippen LogP contribution >= 0.6 is 0 Å². The van der Waals surface area contributed by atoms with Crippen molar-refractivity contribution < 1.29 is 14.0 Å². The first-order valence-electron chi connectivity index (χ1n) is 7.05. The lowest BCUT2D eigenvalue weighted by Gasteiger charge is -2.17. The van der Waals surface area contributed by atoms with Crippen LogP contribution in [0.5, 0.6) is 0 Å². The first-order chi connectivity index (χ1) is 10.6. The van der Waals surface area contributed by atoms with Gasteiger partial charge in [0, 0.05) is 24.2 Å². The molecule has 4 nitrogen and oxygen atoms in total. The quantitative estimate of drug-likeness (QED) is 0.945. The maximum atomic E-state index is 13.3. The molecule has 112 valence electrons. The number of anilines is 1. The fourth-order valence-electron chi connectivity index (χ4n) is 2.56. The predicted octanol–water partition coefficient (Wildman–Crippen LogP) is 2.36. The molecule has 3 rings (SSSR count). The zero-order valence-corrected chi connectivity index (χ0v) is 11.8. The molecule has 1 aliphatic heterocycles. The van der Waals surface area contributed by atoms with Gasteiger partial charge in [0.1, 0.15) is 5.82 Å². The van der Waals surface area contributed by atoms with Crippen molar-refractivity contribution in [1.82, 2.24) is 5.32 Å². The molecule has 1 atom stereocenters. The molecular weight excluding hydrogens is 283 g/mol. The van der Waals surface area contributed by atoms with Crippen LogP contribution in [0.1, 0.15) is 16.8 Å². The molecule has 1 heterocycles. The number of benzene rings is 2. The van der Waals surface area contributed by atoms with Crippen molar-refractivity contribution in [2.75, 3.05) is 11.4 Å². The topological polar surface area (TPSA) is 49.4 Å². The summed E-state index contributed by atoms with van der Waals surface area (Å²) < 4.78 is 13.3. The second kappa shape index (κ2) is 5.97. The molecule has 0 saturated carbocycles. The molecule has 1 N–H and O–H groups in total. The number of nitrogens with one attached hydrogen (secondary N) is 1. The Kier molecular flexibility index (Phi) is 3.87. The lowest BCUT2D eigenvalue weighted by atomic mass is 10.2. The Morgan fingerprint density at radius 2 is 1.91 bits per heavy atom. The maximum Gasteiger partial charge on any atom is 0.251 e. The van der Waals surface area contributed by atoms with E-state index < -0.39 is 0 Å². The minimum atomic E-state index is -0.387. The van der Waals surface area contributed by atoms with Crippen molar-refractivity contribution in [3.8, 4) is 0 Å². The maximum absolute atomic E-state index is 13.3. The van der Waals surface area contributed by atoms with Crippen LogP contribution in [0.2, 0.25) is 0 Å². The van der Waals surface area contributed by atoms with Crippen LogP contribution in [0.3, 0.4) is 0 Å². The van der Waals surface area contributed by atoms with Gasteiger partial charge in [0.25, 0.3) is 5.91 Å². The summed E-state index contributed by atoms with van der Waals surface area (Å²) in [6.07, 6.45) is 0.217. The standard InChI is InChI=1S/C17H15FN2O2/c18-13-7-4-8-15(9-13)20-11-14(10-16(20)21)19-17(22)12-5-2-1-3-6-12/h1-9,14H,10-11H2,(H,19,22)/t14-/m0/s1. The smallest absolute Gasteiger partial charge is 0.251 e. The van der Waals surface area contributed by atoms with Crippen molar-refractivity contribution in [2.45, 2.75) is 12.5 Å². The molecule has 1 saturated heterocycles. The molecule has 1 aliphatic rings. The lowest BCUT2D eigenvalue weighted by Crippen LogP contribution is -2.37. The molecule has 2 aromatic rings. The van der Waals surface area contributed by atoms with E-state index in [4.69, 9.17) is 0 Å². The average molecular weight is 298 g/mol. The molecule has 0 radical (unpaired) electrons. The first kappa shape index (κ1) is 14.3. The van der Waals surface area contributed by atoms with Gasteiger partial charge in [0.15, 0.2) is 0 Å². The van der Waals surface area contributed by atoms with E-state index in [1.54, 1.807) is 36.4 Å². The van der Waals surface area contributed by atoms with E-state index in [1.165, 1.54) is 17.0 Å². The molecule has 0 unspecified atom stereocenters. The highest BCUT2D eigenvalue weighted by molar-refractivity contribution is 5.98. The molecule has 2 aromatic carbocycles.